The molecule has 1 aromatic heterocycles. The molecule has 0 aliphatic carbocycles. The highest BCUT2D eigenvalue weighted by Gasteiger charge is 2.25. The zero-order valence-corrected chi connectivity index (χ0v) is 11.0. The molecule has 1 N–H and O–H groups in total. The van der Waals surface area contributed by atoms with Gasteiger partial charge in [-0.25, -0.2) is 4.98 Å². The fourth-order valence-corrected chi connectivity index (χ4v) is 2.69. The molecule has 0 aromatic carbocycles. The van der Waals surface area contributed by atoms with Gasteiger partial charge < -0.3 is 0 Å². The van der Waals surface area contributed by atoms with Gasteiger partial charge in [-0.15, -0.1) is 11.3 Å². The van der Waals surface area contributed by atoms with Crippen LogP contribution in [0.25, 0.3) is 5.57 Å². The molecule has 84 valence electrons. The van der Waals surface area contributed by atoms with Crippen molar-refractivity contribution in [2.75, 3.05) is 6.54 Å². The van der Waals surface area contributed by atoms with E-state index in [4.69, 9.17) is 4.98 Å². The van der Waals surface area contributed by atoms with Crippen LogP contribution in [-0.4, -0.2) is 11.5 Å². The van der Waals surface area contributed by atoms with Gasteiger partial charge in [-0.3, -0.25) is 5.32 Å². The number of hydrogen-bond donors (Lipinski definition) is 1. The number of nitrogens with zero attached hydrogens (tertiary/aromatic N) is 1. The minimum Gasteiger partial charge on any atom is -0.261 e. The van der Waals surface area contributed by atoms with Gasteiger partial charge in [0.1, 0.15) is 0 Å². The zero-order valence-electron chi connectivity index (χ0n) is 10.2. The quantitative estimate of drug-likeness (QED) is 0.754. The molecule has 1 aromatic rings. The fraction of sp³-hybridized carbons (Fsp3) is 0.462. The second-order valence-corrected chi connectivity index (χ2v) is 5.89. The molecule has 2 nitrogen and oxygen atoms in total. The molecule has 3 heteroatoms. The van der Waals surface area contributed by atoms with Crippen LogP contribution < -0.4 is 5.32 Å². The number of dihydropyridines is 1. The van der Waals surface area contributed by atoms with Crippen LogP contribution in [0.5, 0.6) is 0 Å². The van der Waals surface area contributed by atoms with Crippen LogP contribution in [0, 0.1) is 6.20 Å². The second kappa shape index (κ2) is 4.00. The van der Waals surface area contributed by atoms with Crippen LogP contribution in [0.2, 0.25) is 0 Å². The van der Waals surface area contributed by atoms with Crippen LogP contribution in [0.4, 0.5) is 0 Å². The van der Waals surface area contributed by atoms with Crippen molar-refractivity contribution in [3.05, 3.63) is 33.9 Å². The third kappa shape index (κ3) is 2.16. The largest absolute Gasteiger partial charge is 0.261 e. The Bertz CT molecular complexity index is 447. The average Bonchev–Trinajstić information content (AvgIpc) is 2.66. The van der Waals surface area contributed by atoms with E-state index in [1.807, 2.05) is 0 Å². The molecule has 1 aliphatic heterocycles. The molecule has 0 fully saturated rings. The molecule has 2 heterocycles. The fourth-order valence-electron chi connectivity index (χ4n) is 1.55. The molecule has 16 heavy (non-hydrogen) atoms. The van der Waals surface area contributed by atoms with Gasteiger partial charge in [-0.1, -0.05) is 20.8 Å². The van der Waals surface area contributed by atoms with Crippen molar-refractivity contribution in [1.82, 2.24) is 10.3 Å². The lowest BCUT2D eigenvalue weighted by Crippen LogP contribution is -2.13. The van der Waals surface area contributed by atoms with Crippen LogP contribution in [-0.2, 0) is 5.41 Å². The summed E-state index contributed by atoms with van der Waals surface area (Å²) in [6, 6.07) is 0. The molecule has 1 aliphatic rings. The Morgan fingerprint density at radius 3 is 2.75 bits per heavy atom. The third-order valence-corrected chi connectivity index (χ3v) is 3.47. The Hall–Kier alpha value is -1.18. The van der Waals surface area contributed by atoms with Gasteiger partial charge in [0.2, 0.25) is 5.01 Å². The van der Waals surface area contributed by atoms with E-state index in [0.717, 1.165) is 17.1 Å². The van der Waals surface area contributed by atoms with E-state index in [2.05, 4.69) is 50.7 Å². The van der Waals surface area contributed by atoms with E-state index in [-0.39, 0.29) is 5.41 Å². The van der Waals surface area contributed by atoms with Gasteiger partial charge >= 0.3 is 0 Å². The maximum absolute atomic E-state index is 4.72. The van der Waals surface area contributed by atoms with E-state index < -0.39 is 0 Å². The maximum atomic E-state index is 4.72. The third-order valence-electron chi connectivity index (χ3n) is 2.59. The van der Waals surface area contributed by atoms with Crippen LogP contribution in [0.3, 0.4) is 0 Å². The summed E-state index contributed by atoms with van der Waals surface area (Å²) >= 11 is 1.72. The summed E-state index contributed by atoms with van der Waals surface area (Å²) in [6.07, 6.45) is 5.32. The van der Waals surface area contributed by atoms with E-state index in [1.165, 1.54) is 11.3 Å². The van der Waals surface area contributed by atoms with Crippen LogP contribution in [0.1, 0.15) is 38.4 Å². The SMILES string of the molecule is CC1=[C+]NCC=C1c1nc(C(C)(C)C)cs1. The molecule has 0 amide bonds. The van der Waals surface area contributed by atoms with E-state index >= 15 is 0 Å². The zero-order chi connectivity index (χ0) is 11.8. The average molecular weight is 233 g/mol. The van der Waals surface area contributed by atoms with Gasteiger partial charge in [0.25, 0.3) is 0 Å². The first kappa shape index (κ1) is 11.3. The van der Waals surface area contributed by atoms with Crippen LogP contribution >= 0.6 is 11.3 Å². The van der Waals surface area contributed by atoms with Crippen molar-refractivity contribution >= 4 is 16.9 Å². The van der Waals surface area contributed by atoms with Crippen molar-refractivity contribution in [2.45, 2.75) is 33.1 Å². The molecule has 0 radical (unpaired) electrons. The Morgan fingerprint density at radius 2 is 2.19 bits per heavy atom. The number of aromatic nitrogens is 1. The normalized spacial score (nSPS) is 16.0. The van der Waals surface area contributed by atoms with Gasteiger partial charge in [0, 0.05) is 23.8 Å². The molecule has 2 rings (SSSR count). The lowest BCUT2D eigenvalue weighted by atomic mass is 9.93. The monoisotopic (exact) mass is 233 g/mol. The van der Waals surface area contributed by atoms with E-state index in [0.29, 0.717) is 0 Å². The highest BCUT2D eigenvalue weighted by atomic mass is 32.1. The van der Waals surface area contributed by atoms with Crippen molar-refractivity contribution in [3.8, 4) is 0 Å². The van der Waals surface area contributed by atoms with Crippen molar-refractivity contribution in [3.63, 3.8) is 0 Å². The molecule has 0 saturated heterocycles. The number of allylic oxidation sites excluding steroid dienone is 2. The molecular formula is C13H17N2S+. The van der Waals surface area contributed by atoms with Gasteiger partial charge in [-0.05, 0) is 0 Å². The molecule has 0 saturated carbocycles. The summed E-state index contributed by atoms with van der Waals surface area (Å²) in [6.45, 7) is 9.49. The van der Waals surface area contributed by atoms with Crippen molar-refractivity contribution < 1.29 is 0 Å². The minimum atomic E-state index is 0.129. The van der Waals surface area contributed by atoms with Gasteiger partial charge in [-0.2, -0.15) is 0 Å². The topological polar surface area (TPSA) is 24.9 Å². The smallest absolute Gasteiger partial charge is 0.209 e. The summed E-state index contributed by atoms with van der Waals surface area (Å²) in [5.41, 5.74) is 3.66. The molecule has 0 bridgehead atoms. The summed E-state index contributed by atoms with van der Waals surface area (Å²) in [4.78, 5) is 4.72. The predicted octanol–water partition coefficient (Wildman–Crippen LogP) is 3.13. The van der Waals surface area contributed by atoms with Gasteiger partial charge in [0.15, 0.2) is 17.3 Å². The summed E-state index contributed by atoms with van der Waals surface area (Å²) in [5, 5.41) is 6.35. The Morgan fingerprint density at radius 1 is 1.44 bits per heavy atom. The Labute approximate surface area is 101 Å². The highest BCUT2D eigenvalue weighted by molar-refractivity contribution is 7.10. The number of nitrogens with one attached hydrogen (secondary N) is 1. The van der Waals surface area contributed by atoms with Crippen molar-refractivity contribution in [1.29, 1.82) is 0 Å². The number of hydrogen-bond acceptors (Lipinski definition) is 3. The molecule has 0 unspecified atom stereocenters. The first-order valence-corrected chi connectivity index (χ1v) is 6.36. The molecule has 0 spiro atoms. The Balaban J connectivity index is 2.32. The van der Waals surface area contributed by atoms with E-state index in [1.54, 1.807) is 11.3 Å². The summed E-state index contributed by atoms with van der Waals surface area (Å²) < 4.78 is 0. The maximum Gasteiger partial charge on any atom is 0.209 e. The first-order chi connectivity index (χ1) is 7.48. The first-order valence-electron chi connectivity index (χ1n) is 5.48. The lowest BCUT2D eigenvalue weighted by Gasteiger charge is -2.13. The van der Waals surface area contributed by atoms with Crippen LogP contribution in [0.15, 0.2) is 17.0 Å². The number of rotatable bonds is 1. The second-order valence-electron chi connectivity index (χ2n) is 5.04. The minimum absolute atomic E-state index is 0.129. The lowest BCUT2D eigenvalue weighted by molar-refractivity contribution is 0.572. The summed E-state index contributed by atoms with van der Waals surface area (Å²) in [5.74, 6) is 0. The molecule has 0 atom stereocenters. The predicted molar refractivity (Wildman–Crippen MR) is 69.2 cm³/mol. The highest BCUT2D eigenvalue weighted by Crippen LogP contribution is 2.30. The standard InChI is InChI=1S/C13H17N2S/c1-9-7-14-6-5-10(9)12-15-11(8-16-12)13(2,3)4/h5,8,14H,6H2,1-4H3/q+1. The Kier molecular flexibility index (Phi) is 2.83. The molecular weight excluding hydrogens is 216 g/mol. The van der Waals surface area contributed by atoms with Gasteiger partial charge in [0.05, 0.1) is 12.2 Å². The summed E-state index contributed by atoms with van der Waals surface area (Å²) in [7, 11) is 0. The van der Waals surface area contributed by atoms with E-state index in [9.17, 15) is 0 Å². The number of thiazole rings is 1. The van der Waals surface area contributed by atoms with Crippen molar-refractivity contribution in [2.24, 2.45) is 0 Å².